The summed E-state index contributed by atoms with van der Waals surface area (Å²) in [5.74, 6) is -0.299. The Morgan fingerprint density at radius 2 is 1.88 bits per heavy atom. The van der Waals surface area contributed by atoms with E-state index in [0.29, 0.717) is 10.9 Å². The Morgan fingerprint density at radius 1 is 1.31 bits per heavy atom. The van der Waals surface area contributed by atoms with E-state index in [0.717, 1.165) is 16.7 Å². The minimum Gasteiger partial charge on any atom is -0.431 e. The molecule has 3 heteroatoms. The molecule has 0 atom stereocenters. The van der Waals surface area contributed by atoms with Gasteiger partial charge in [-0.2, -0.15) is 0 Å². The van der Waals surface area contributed by atoms with Gasteiger partial charge in [-0.05, 0) is 38.0 Å². The lowest BCUT2D eigenvalue weighted by Crippen LogP contribution is -2.06. The minimum atomic E-state index is -0.299. The third-order valence-corrected chi connectivity index (χ3v) is 2.62. The largest absolute Gasteiger partial charge is 0.431 e. The monoisotopic (exact) mass is 282 g/mol. The van der Waals surface area contributed by atoms with E-state index in [2.05, 4.69) is 15.9 Å². The normalized spacial score (nSPS) is 10.8. The van der Waals surface area contributed by atoms with Crippen LogP contribution in [0.3, 0.4) is 0 Å². The van der Waals surface area contributed by atoms with Gasteiger partial charge in [-0.3, -0.25) is 0 Å². The highest BCUT2D eigenvalue weighted by Crippen LogP contribution is 2.17. The molecule has 1 aromatic rings. The Labute approximate surface area is 104 Å². The summed E-state index contributed by atoms with van der Waals surface area (Å²) < 4.78 is 5.02. The average Bonchev–Trinajstić information content (AvgIpc) is 2.16. The van der Waals surface area contributed by atoms with Crippen LogP contribution < -0.4 is 0 Å². The van der Waals surface area contributed by atoms with Gasteiger partial charge in [0, 0.05) is 5.33 Å². The van der Waals surface area contributed by atoms with Crippen molar-refractivity contribution in [2.75, 3.05) is 5.33 Å². The maximum atomic E-state index is 11.8. The van der Waals surface area contributed by atoms with Crippen LogP contribution >= 0.6 is 15.9 Å². The first-order valence-electron chi connectivity index (χ1n) is 5.06. The van der Waals surface area contributed by atoms with Crippen LogP contribution in [0.25, 0.3) is 0 Å². The van der Waals surface area contributed by atoms with Gasteiger partial charge in [0.15, 0.2) is 0 Å². The second-order valence-electron chi connectivity index (χ2n) is 3.71. The van der Waals surface area contributed by atoms with Crippen LogP contribution in [0.5, 0.6) is 0 Å². The summed E-state index contributed by atoms with van der Waals surface area (Å²) in [7, 11) is 0. The van der Waals surface area contributed by atoms with Crippen molar-refractivity contribution < 1.29 is 9.53 Å². The van der Waals surface area contributed by atoms with E-state index in [1.54, 1.807) is 6.08 Å². The fourth-order valence-corrected chi connectivity index (χ4v) is 1.86. The quantitative estimate of drug-likeness (QED) is 0.480. The average molecular weight is 283 g/mol. The van der Waals surface area contributed by atoms with E-state index < -0.39 is 0 Å². The molecule has 16 heavy (non-hydrogen) atoms. The number of esters is 1. The third-order valence-electron chi connectivity index (χ3n) is 2.24. The molecular formula is C13H15BrO2. The third kappa shape index (κ3) is 3.20. The molecule has 1 rings (SSSR count). The second-order valence-corrected chi connectivity index (χ2v) is 4.35. The van der Waals surface area contributed by atoms with Crippen LogP contribution in [0, 0.1) is 20.8 Å². The van der Waals surface area contributed by atoms with Gasteiger partial charge < -0.3 is 4.74 Å². The van der Waals surface area contributed by atoms with Gasteiger partial charge >= 0.3 is 5.97 Å². The van der Waals surface area contributed by atoms with Crippen molar-refractivity contribution in [3.63, 3.8) is 0 Å². The zero-order chi connectivity index (χ0) is 12.1. The number of carbonyl (C=O) groups excluding carboxylic acids is 1. The summed E-state index contributed by atoms with van der Waals surface area (Å²) in [4.78, 5) is 11.8. The summed E-state index contributed by atoms with van der Waals surface area (Å²) in [5, 5.41) is 0.673. The van der Waals surface area contributed by atoms with E-state index in [1.165, 1.54) is 6.26 Å². The molecule has 0 aliphatic carbocycles. The van der Waals surface area contributed by atoms with Crippen molar-refractivity contribution in [1.29, 1.82) is 0 Å². The fourth-order valence-electron chi connectivity index (χ4n) is 1.71. The van der Waals surface area contributed by atoms with Gasteiger partial charge in [-0.25, -0.2) is 4.79 Å². The Kier molecular flexibility index (Phi) is 4.74. The smallest absolute Gasteiger partial charge is 0.343 e. The number of halogens is 1. The molecule has 0 radical (unpaired) electrons. The zero-order valence-corrected chi connectivity index (χ0v) is 11.3. The molecule has 0 fully saturated rings. The summed E-state index contributed by atoms with van der Waals surface area (Å²) >= 11 is 3.22. The number of hydrogen-bond acceptors (Lipinski definition) is 2. The van der Waals surface area contributed by atoms with E-state index in [9.17, 15) is 4.79 Å². The van der Waals surface area contributed by atoms with Gasteiger partial charge in [0.25, 0.3) is 0 Å². The summed E-state index contributed by atoms with van der Waals surface area (Å²) in [6, 6.07) is 3.97. The molecule has 1 aromatic carbocycles. The zero-order valence-electron chi connectivity index (χ0n) is 9.71. The van der Waals surface area contributed by atoms with Crippen molar-refractivity contribution in [2.24, 2.45) is 0 Å². The highest BCUT2D eigenvalue weighted by Gasteiger charge is 2.13. The van der Waals surface area contributed by atoms with Crippen molar-refractivity contribution in [3.05, 3.63) is 46.7 Å². The molecule has 0 spiro atoms. The number of hydrogen-bond donors (Lipinski definition) is 0. The number of benzene rings is 1. The molecule has 0 amide bonds. The van der Waals surface area contributed by atoms with E-state index in [4.69, 9.17) is 4.74 Å². The predicted octanol–water partition coefficient (Wildman–Crippen LogP) is 3.68. The SMILES string of the molecule is Cc1cc(C)c(C(=O)O/C=C/CBr)c(C)c1. The van der Waals surface area contributed by atoms with Gasteiger partial charge in [0.2, 0.25) is 0 Å². The van der Waals surface area contributed by atoms with Gasteiger partial charge in [0.1, 0.15) is 0 Å². The highest BCUT2D eigenvalue weighted by molar-refractivity contribution is 9.09. The number of rotatable bonds is 3. The highest BCUT2D eigenvalue weighted by atomic mass is 79.9. The van der Waals surface area contributed by atoms with Gasteiger partial charge in [-0.1, -0.05) is 33.6 Å². The molecule has 86 valence electrons. The molecule has 0 saturated heterocycles. The van der Waals surface area contributed by atoms with Crippen molar-refractivity contribution in [2.45, 2.75) is 20.8 Å². The summed E-state index contributed by atoms with van der Waals surface area (Å²) in [6.07, 6.45) is 3.15. The topological polar surface area (TPSA) is 26.3 Å². The standard InChI is InChI=1S/C13H15BrO2/c1-9-7-10(2)12(11(3)8-9)13(15)16-6-4-5-14/h4,6-8H,5H2,1-3H3/b6-4+. The minimum absolute atomic E-state index is 0.299. The Bertz CT molecular complexity index is 399. The molecule has 0 aliphatic rings. The molecule has 0 unspecified atom stereocenters. The first-order valence-corrected chi connectivity index (χ1v) is 6.18. The second kappa shape index (κ2) is 5.85. The number of alkyl halides is 1. The van der Waals surface area contributed by atoms with Crippen molar-refractivity contribution >= 4 is 21.9 Å². The number of carbonyl (C=O) groups is 1. The Hall–Kier alpha value is -1.09. The number of ether oxygens (including phenoxy) is 1. The van der Waals surface area contributed by atoms with Crippen LogP contribution in [0.2, 0.25) is 0 Å². The van der Waals surface area contributed by atoms with E-state index in [1.807, 2.05) is 32.9 Å². The Balaban J connectivity index is 2.95. The lowest BCUT2D eigenvalue weighted by Gasteiger charge is -2.08. The number of allylic oxidation sites excluding steroid dienone is 1. The maximum Gasteiger partial charge on any atom is 0.343 e. The molecule has 2 nitrogen and oxygen atoms in total. The van der Waals surface area contributed by atoms with Crippen LogP contribution in [0.4, 0.5) is 0 Å². The van der Waals surface area contributed by atoms with Crippen molar-refractivity contribution in [1.82, 2.24) is 0 Å². The molecule has 0 aliphatic heterocycles. The van der Waals surface area contributed by atoms with Crippen LogP contribution in [0.15, 0.2) is 24.5 Å². The molecule has 0 heterocycles. The lowest BCUT2D eigenvalue weighted by atomic mass is 10.0. The lowest BCUT2D eigenvalue weighted by molar-refractivity contribution is 0.0661. The van der Waals surface area contributed by atoms with Crippen molar-refractivity contribution in [3.8, 4) is 0 Å². The molecule has 0 N–H and O–H groups in total. The molecule has 0 aromatic heterocycles. The molecular weight excluding hydrogens is 268 g/mol. The molecule has 0 bridgehead atoms. The fraction of sp³-hybridized carbons (Fsp3) is 0.308. The van der Waals surface area contributed by atoms with Crippen LogP contribution in [-0.2, 0) is 4.74 Å². The van der Waals surface area contributed by atoms with Gasteiger partial charge in [-0.15, -0.1) is 0 Å². The van der Waals surface area contributed by atoms with Crippen LogP contribution in [-0.4, -0.2) is 11.3 Å². The van der Waals surface area contributed by atoms with Gasteiger partial charge in [0.05, 0.1) is 11.8 Å². The first kappa shape index (κ1) is 13.0. The summed E-state index contributed by atoms with van der Waals surface area (Å²) in [6.45, 7) is 5.86. The first-order chi connectivity index (χ1) is 7.56. The van der Waals surface area contributed by atoms with E-state index >= 15 is 0 Å². The summed E-state index contributed by atoms with van der Waals surface area (Å²) in [5.41, 5.74) is 3.72. The maximum absolute atomic E-state index is 11.8. The van der Waals surface area contributed by atoms with Crippen LogP contribution in [0.1, 0.15) is 27.0 Å². The van der Waals surface area contributed by atoms with E-state index in [-0.39, 0.29) is 5.97 Å². The molecule has 0 saturated carbocycles. The Morgan fingerprint density at radius 3 is 2.38 bits per heavy atom. The number of aryl methyl sites for hydroxylation is 3. The predicted molar refractivity (Wildman–Crippen MR) is 69.0 cm³/mol.